The normalized spacial score (nSPS) is 11.1. The Morgan fingerprint density at radius 2 is 1.72 bits per heavy atom. The molecule has 0 saturated heterocycles. The predicted molar refractivity (Wildman–Crippen MR) is 115 cm³/mol. The van der Waals surface area contributed by atoms with Gasteiger partial charge in [0.1, 0.15) is 18.2 Å². The molecule has 0 fully saturated rings. The van der Waals surface area contributed by atoms with Gasteiger partial charge in [0.25, 0.3) is 0 Å². The summed E-state index contributed by atoms with van der Waals surface area (Å²) < 4.78 is 8.52. The molecule has 138 valence electrons. The first-order chi connectivity index (χ1) is 14.2. The number of furan rings is 1. The van der Waals surface area contributed by atoms with Crippen LogP contribution in [0, 0.1) is 18.3 Å². The summed E-state index contributed by atoms with van der Waals surface area (Å²) in [4.78, 5) is 0. The van der Waals surface area contributed by atoms with Gasteiger partial charge in [0, 0.05) is 22.9 Å². The Labute approximate surface area is 169 Å². The smallest absolute Gasteiger partial charge is 0.216 e. The molecule has 0 spiro atoms. The minimum absolute atomic E-state index is 0.596. The molecule has 3 nitrogen and oxygen atoms in total. The monoisotopic (exact) mass is 375 g/mol. The summed E-state index contributed by atoms with van der Waals surface area (Å²) in [6.07, 6.45) is 2.04. The molecule has 3 heteroatoms. The molecule has 0 radical (unpaired) electrons. The van der Waals surface area contributed by atoms with Gasteiger partial charge in [0.15, 0.2) is 6.20 Å². The highest BCUT2D eigenvalue weighted by Gasteiger charge is 2.22. The Balaban J connectivity index is 1.94. The average Bonchev–Trinajstić information content (AvgIpc) is 3.12. The fourth-order valence-electron chi connectivity index (χ4n) is 4.08. The molecule has 3 aromatic carbocycles. The quantitative estimate of drug-likeness (QED) is 0.359. The summed E-state index contributed by atoms with van der Waals surface area (Å²) in [5, 5.41) is 11.7. The largest absolute Gasteiger partial charge is 0.455 e. The molecule has 5 aromatic rings. The van der Waals surface area contributed by atoms with E-state index in [0.29, 0.717) is 5.56 Å². The van der Waals surface area contributed by atoms with Crippen molar-refractivity contribution in [2.75, 3.05) is 0 Å². The van der Waals surface area contributed by atoms with Crippen molar-refractivity contribution in [1.82, 2.24) is 0 Å². The van der Waals surface area contributed by atoms with Gasteiger partial charge in [0.05, 0.1) is 17.2 Å². The van der Waals surface area contributed by atoms with E-state index in [1.165, 1.54) is 0 Å². The minimum Gasteiger partial charge on any atom is -0.455 e. The van der Waals surface area contributed by atoms with Crippen molar-refractivity contribution in [1.29, 1.82) is 5.26 Å². The van der Waals surface area contributed by atoms with E-state index in [1.807, 2.05) is 55.7 Å². The summed E-state index contributed by atoms with van der Waals surface area (Å²) in [6.45, 7) is 2.10. The van der Waals surface area contributed by atoms with Crippen LogP contribution in [0.2, 0.25) is 0 Å². The molecule has 2 heterocycles. The Bertz CT molecular complexity index is 1420. The second-order valence-corrected chi connectivity index (χ2v) is 7.31. The van der Waals surface area contributed by atoms with Crippen LogP contribution in [0.3, 0.4) is 0 Å². The van der Waals surface area contributed by atoms with E-state index < -0.39 is 0 Å². The van der Waals surface area contributed by atoms with Gasteiger partial charge in [-0.3, -0.25) is 0 Å². The number of nitrogens with zero attached hydrogens (tertiary/aromatic N) is 2. The van der Waals surface area contributed by atoms with E-state index in [1.54, 1.807) is 0 Å². The van der Waals surface area contributed by atoms with Gasteiger partial charge in [-0.1, -0.05) is 42.5 Å². The van der Waals surface area contributed by atoms with Crippen LogP contribution in [-0.4, -0.2) is 0 Å². The van der Waals surface area contributed by atoms with Crippen LogP contribution in [0.15, 0.2) is 83.4 Å². The molecular weight excluding hydrogens is 356 g/mol. The van der Waals surface area contributed by atoms with Crippen LogP contribution in [0.4, 0.5) is 0 Å². The van der Waals surface area contributed by atoms with E-state index in [2.05, 4.69) is 47.9 Å². The third kappa shape index (κ3) is 2.69. The number of aromatic nitrogens is 1. The Kier molecular flexibility index (Phi) is 3.93. The lowest BCUT2D eigenvalue weighted by Gasteiger charge is -2.06. The van der Waals surface area contributed by atoms with Gasteiger partial charge in [-0.15, -0.1) is 0 Å². The molecular formula is C26H19N2O+. The van der Waals surface area contributed by atoms with Crippen LogP contribution in [0.5, 0.6) is 0 Å². The Morgan fingerprint density at radius 3 is 2.48 bits per heavy atom. The molecule has 0 aliphatic rings. The van der Waals surface area contributed by atoms with Gasteiger partial charge >= 0.3 is 0 Å². The number of hydrogen-bond acceptors (Lipinski definition) is 2. The molecule has 0 bridgehead atoms. The molecule has 29 heavy (non-hydrogen) atoms. The zero-order valence-corrected chi connectivity index (χ0v) is 16.3. The molecule has 2 aromatic heterocycles. The van der Waals surface area contributed by atoms with Gasteiger partial charge in [-0.2, -0.15) is 5.26 Å². The predicted octanol–water partition coefficient (Wildman–Crippen LogP) is 5.92. The van der Waals surface area contributed by atoms with Gasteiger partial charge < -0.3 is 4.42 Å². The fraction of sp³-hybridized carbons (Fsp3) is 0.0769. The van der Waals surface area contributed by atoms with Crippen molar-refractivity contribution in [3.05, 3.63) is 90.1 Å². The number of rotatable bonds is 2. The van der Waals surface area contributed by atoms with E-state index in [4.69, 9.17) is 4.42 Å². The third-order valence-electron chi connectivity index (χ3n) is 5.47. The maximum atomic E-state index is 9.56. The van der Waals surface area contributed by atoms with Crippen molar-refractivity contribution < 1.29 is 8.98 Å². The molecule has 0 unspecified atom stereocenters. The Hall–Kier alpha value is -3.90. The standard InChI is InChI=1S/C26H19N2O/c1-17-11-12-20-25-21(19-8-4-3-5-9-19)14-18(16-27)15-23(25)29-26(20)24(17)22-10-6-7-13-28(22)2/h3-15H,1-2H3/q+1. The summed E-state index contributed by atoms with van der Waals surface area (Å²) >= 11 is 0. The molecule has 0 aliphatic carbocycles. The molecule has 0 N–H and O–H groups in total. The number of fused-ring (bicyclic) bond motifs is 3. The highest BCUT2D eigenvalue weighted by atomic mass is 16.3. The van der Waals surface area contributed by atoms with Crippen LogP contribution in [0.25, 0.3) is 44.3 Å². The fourth-order valence-corrected chi connectivity index (χ4v) is 4.08. The summed E-state index contributed by atoms with van der Waals surface area (Å²) in [7, 11) is 2.04. The SMILES string of the molecule is Cc1ccc2c(oc3cc(C#N)cc(-c4ccccc4)c32)c1-c1cccc[n+]1C. The lowest BCUT2D eigenvalue weighted by molar-refractivity contribution is -0.660. The number of benzene rings is 3. The average molecular weight is 375 g/mol. The number of hydrogen-bond donors (Lipinski definition) is 0. The highest BCUT2D eigenvalue weighted by molar-refractivity contribution is 6.15. The lowest BCUT2D eigenvalue weighted by atomic mass is 9.95. The lowest BCUT2D eigenvalue weighted by Crippen LogP contribution is -2.30. The molecule has 0 saturated carbocycles. The second kappa shape index (κ2) is 6.61. The molecule has 0 amide bonds. The zero-order valence-electron chi connectivity index (χ0n) is 16.3. The van der Waals surface area contributed by atoms with E-state index >= 15 is 0 Å². The topological polar surface area (TPSA) is 40.8 Å². The van der Waals surface area contributed by atoms with Crippen molar-refractivity contribution >= 4 is 21.9 Å². The summed E-state index contributed by atoms with van der Waals surface area (Å²) in [5.41, 5.74) is 7.61. The number of pyridine rings is 1. The maximum Gasteiger partial charge on any atom is 0.216 e. The maximum absolute atomic E-state index is 9.56. The Morgan fingerprint density at radius 1 is 0.931 bits per heavy atom. The van der Waals surface area contributed by atoms with Gasteiger partial charge in [-0.25, -0.2) is 4.57 Å². The first kappa shape index (κ1) is 17.2. The summed E-state index contributed by atoms with van der Waals surface area (Å²) in [6, 6.07) is 26.7. The van der Waals surface area contributed by atoms with E-state index in [0.717, 1.165) is 49.9 Å². The second-order valence-electron chi connectivity index (χ2n) is 7.31. The first-order valence-electron chi connectivity index (χ1n) is 9.58. The van der Waals surface area contributed by atoms with Crippen LogP contribution in [0.1, 0.15) is 11.1 Å². The van der Waals surface area contributed by atoms with Crippen LogP contribution in [-0.2, 0) is 7.05 Å². The van der Waals surface area contributed by atoms with Crippen molar-refractivity contribution in [3.63, 3.8) is 0 Å². The molecule has 0 aliphatic heterocycles. The molecule has 0 atom stereocenters. The molecule has 5 rings (SSSR count). The number of aryl methyl sites for hydroxylation is 2. The van der Waals surface area contributed by atoms with Crippen molar-refractivity contribution in [2.24, 2.45) is 7.05 Å². The van der Waals surface area contributed by atoms with Crippen molar-refractivity contribution in [3.8, 4) is 28.5 Å². The van der Waals surface area contributed by atoms with Crippen LogP contribution < -0.4 is 4.57 Å². The summed E-state index contributed by atoms with van der Waals surface area (Å²) in [5.74, 6) is 0. The van der Waals surface area contributed by atoms with E-state index in [9.17, 15) is 5.26 Å². The third-order valence-corrected chi connectivity index (χ3v) is 5.47. The zero-order chi connectivity index (χ0) is 20.0. The minimum atomic E-state index is 0.596. The highest BCUT2D eigenvalue weighted by Crippen LogP contribution is 2.41. The number of nitriles is 1. The van der Waals surface area contributed by atoms with E-state index in [-0.39, 0.29) is 0 Å². The van der Waals surface area contributed by atoms with Crippen molar-refractivity contribution in [2.45, 2.75) is 6.92 Å². The first-order valence-corrected chi connectivity index (χ1v) is 9.58. The van der Waals surface area contributed by atoms with Gasteiger partial charge in [-0.05, 0) is 41.8 Å². The van der Waals surface area contributed by atoms with Crippen LogP contribution >= 0.6 is 0 Å². The van der Waals surface area contributed by atoms with Gasteiger partial charge in [0.2, 0.25) is 5.69 Å².